The third kappa shape index (κ3) is 5.59. The van der Waals surface area contributed by atoms with Gasteiger partial charge in [-0.05, 0) is 50.8 Å². The molecule has 1 fully saturated rings. The lowest BCUT2D eigenvalue weighted by atomic mass is 9.97. The van der Waals surface area contributed by atoms with E-state index in [2.05, 4.69) is 5.32 Å². The van der Waals surface area contributed by atoms with Crippen molar-refractivity contribution in [2.24, 2.45) is 0 Å². The number of nitro groups is 1. The third-order valence-electron chi connectivity index (χ3n) is 5.56. The van der Waals surface area contributed by atoms with E-state index in [1.165, 1.54) is 18.2 Å². The number of rotatable bonds is 7. The van der Waals surface area contributed by atoms with Crippen molar-refractivity contribution < 1.29 is 19.2 Å². The van der Waals surface area contributed by atoms with Crippen LogP contribution in [0.5, 0.6) is 0 Å². The average molecular weight is 425 g/mol. The van der Waals surface area contributed by atoms with Gasteiger partial charge in [0.25, 0.3) is 11.6 Å². The van der Waals surface area contributed by atoms with Gasteiger partial charge in [-0.3, -0.25) is 14.9 Å². The topological polar surface area (TPSA) is 102 Å². The molecule has 1 aliphatic rings. The Kier molecular flexibility index (Phi) is 7.23. The Hall–Kier alpha value is -3.42. The molecule has 1 saturated heterocycles. The van der Waals surface area contributed by atoms with Crippen molar-refractivity contribution >= 4 is 23.3 Å². The zero-order valence-electron chi connectivity index (χ0n) is 17.7. The summed E-state index contributed by atoms with van der Waals surface area (Å²) in [6.45, 7) is 4.00. The largest absolute Gasteiger partial charge is 0.452 e. The van der Waals surface area contributed by atoms with Gasteiger partial charge < -0.3 is 15.0 Å². The maximum atomic E-state index is 12.5. The number of nitrogens with one attached hydrogen (secondary N) is 1. The number of ether oxygens (including phenoxy) is 1. The number of nitro benzene ring substituents is 1. The smallest absolute Gasteiger partial charge is 0.338 e. The molecule has 8 heteroatoms. The number of nitrogens with zero attached hydrogens (tertiary/aromatic N) is 2. The molecule has 2 atom stereocenters. The van der Waals surface area contributed by atoms with Crippen LogP contribution in [-0.4, -0.2) is 40.4 Å². The van der Waals surface area contributed by atoms with Gasteiger partial charge in [0.15, 0.2) is 6.61 Å². The standard InChI is InChI=1S/C23H27N3O5/c1-16-7-6-8-17(2)25(16)22(27)15-31-23(28)19-11-12-20(21(13-19)26(29)30)24-14-18-9-4-3-5-10-18/h3-5,9-13,16-17,24H,6-8,14-15H2,1-2H3/t16-,17+. The molecule has 3 rings (SSSR count). The molecule has 2 aromatic carbocycles. The Bertz CT molecular complexity index is 937. The van der Waals surface area contributed by atoms with Gasteiger partial charge in [0.1, 0.15) is 5.69 Å². The molecule has 1 N–H and O–H groups in total. The zero-order chi connectivity index (χ0) is 22.4. The molecule has 164 valence electrons. The number of hydrogen-bond donors (Lipinski definition) is 1. The number of piperidine rings is 1. The number of carbonyl (C=O) groups excluding carboxylic acids is 2. The fourth-order valence-electron chi connectivity index (χ4n) is 3.95. The molecule has 0 aliphatic carbocycles. The van der Waals surface area contributed by atoms with E-state index >= 15 is 0 Å². The van der Waals surface area contributed by atoms with E-state index in [1.54, 1.807) is 4.90 Å². The van der Waals surface area contributed by atoms with Crippen LogP contribution in [-0.2, 0) is 16.1 Å². The van der Waals surface area contributed by atoms with Gasteiger partial charge in [0.05, 0.1) is 10.5 Å². The van der Waals surface area contributed by atoms with Crippen molar-refractivity contribution in [3.63, 3.8) is 0 Å². The van der Waals surface area contributed by atoms with Gasteiger partial charge in [-0.25, -0.2) is 4.79 Å². The number of carbonyl (C=O) groups is 2. The molecule has 0 spiro atoms. The Morgan fingerprint density at radius 2 is 1.81 bits per heavy atom. The van der Waals surface area contributed by atoms with Crippen molar-refractivity contribution in [2.75, 3.05) is 11.9 Å². The Labute approximate surface area is 181 Å². The molecule has 2 aromatic rings. The highest BCUT2D eigenvalue weighted by Gasteiger charge is 2.29. The van der Waals surface area contributed by atoms with E-state index in [-0.39, 0.29) is 35.8 Å². The summed E-state index contributed by atoms with van der Waals surface area (Å²) in [5.41, 5.74) is 1.08. The number of amides is 1. The molecular formula is C23H27N3O5. The van der Waals surface area contributed by atoms with Crippen LogP contribution in [0.25, 0.3) is 0 Å². The number of hydrogen-bond acceptors (Lipinski definition) is 6. The van der Waals surface area contributed by atoms with Crippen LogP contribution in [0, 0.1) is 10.1 Å². The highest BCUT2D eigenvalue weighted by Crippen LogP contribution is 2.27. The quantitative estimate of drug-likeness (QED) is 0.406. The summed E-state index contributed by atoms with van der Waals surface area (Å²) in [5, 5.41) is 14.5. The second-order valence-electron chi connectivity index (χ2n) is 7.83. The molecular weight excluding hydrogens is 398 g/mol. The summed E-state index contributed by atoms with van der Waals surface area (Å²) in [6, 6.07) is 13.8. The molecule has 0 saturated carbocycles. The second kappa shape index (κ2) is 10.1. The van der Waals surface area contributed by atoms with Crippen molar-refractivity contribution in [1.29, 1.82) is 0 Å². The normalized spacial score (nSPS) is 18.3. The SMILES string of the molecule is C[C@@H]1CCC[C@H](C)N1C(=O)COC(=O)c1ccc(NCc2ccccc2)c([N+](=O)[O-])c1. The van der Waals surface area contributed by atoms with E-state index in [0.29, 0.717) is 12.2 Å². The molecule has 0 bridgehead atoms. The summed E-state index contributed by atoms with van der Waals surface area (Å²) in [6.07, 6.45) is 2.92. The number of esters is 1. The number of likely N-dealkylation sites (tertiary alicyclic amines) is 1. The van der Waals surface area contributed by atoms with E-state index in [9.17, 15) is 19.7 Å². The lowest BCUT2D eigenvalue weighted by molar-refractivity contribution is -0.384. The summed E-state index contributed by atoms with van der Waals surface area (Å²) in [5.74, 6) is -1.01. The second-order valence-corrected chi connectivity index (χ2v) is 7.83. The molecule has 1 heterocycles. The van der Waals surface area contributed by atoms with Gasteiger partial charge in [-0.1, -0.05) is 30.3 Å². The first kappa shape index (κ1) is 22.3. The molecule has 8 nitrogen and oxygen atoms in total. The maximum Gasteiger partial charge on any atom is 0.338 e. The van der Waals surface area contributed by atoms with Gasteiger partial charge in [0, 0.05) is 24.7 Å². The Balaban J connectivity index is 1.65. The predicted octanol–water partition coefficient (Wildman–Crippen LogP) is 4.15. The van der Waals surface area contributed by atoms with Crippen LogP contribution in [0.2, 0.25) is 0 Å². The van der Waals surface area contributed by atoms with Gasteiger partial charge in [-0.15, -0.1) is 0 Å². The van der Waals surface area contributed by atoms with Crippen LogP contribution in [0.1, 0.15) is 49.0 Å². The van der Waals surface area contributed by atoms with Gasteiger partial charge in [0.2, 0.25) is 0 Å². The van der Waals surface area contributed by atoms with Crippen LogP contribution in [0.3, 0.4) is 0 Å². The third-order valence-corrected chi connectivity index (χ3v) is 5.56. The highest BCUT2D eigenvalue weighted by molar-refractivity contribution is 5.93. The summed E-state index contributed by atoms with van der Waals surface area (Å²) < 4.78 is 5.17. The van der Waals surface area contributed by atoms with E-state index in [0.717, 1.165) is 24.8 Å². The van der Waals surface area contributed by atoms with Crippen LogP contribution >= 0.6 is 0 Å². The highest BCUT2D eigenvalue weighted by atomic mass is 16.6. The zero-order valence-corrected chi connectivity index (χ0v) is 17.7. The van der Waals surface area contributed by atoms with Crippen molar-refractivity contribution in [3.8, 4) is 0 Å². The first-order valence-corrected chi connectivity index (χ1v) is 10.4. The number of benzene rings is 2. The Morgan fingerprint density at radius 3 is 2.45 bits per heavy atom. The predicted molar refractivity (Wildman–Crippen MR) is 117 cm³/mol. The fraction of sp³-hybridized carbons (Fsp3) is 0.391. The lowest BCUT2D eigenvalue weighted by Gasteiger charge is -2.38. The molecule has 1 amide bonds. The minimum Gasteiger partial charge on any atom is -0.452 e. The lowest BCUT2D eigenvalue weighted by Crippen LogP contribution is -2.49. The first-order chi connectivity index (χ1) is 14.9. The molecule has 0 unspecified atom stereocenters. The molecule has 0 aromatic heterocycles. The summed E-state index contributed by atoms with van der Waals surface area (Å²) in [7, 11) is 0. The van der Waals surface area contributed by atoms with Crippen LogP contribution in [0.15, 0.2) is 48.5 Å². The molecule has 1 aliphatic heterocycles. The molecule has 31 heavy (non-hydrogen) atoms. The average Bonchev–Trinajstić information content (AvgIpc) is 2.76. The Morgan fingerprint density at radius 1 is 1.13 bits per heavy atom. The number of anilines is 1. The van der Waals surface area contributed by atoms with Crippen LogP contribution < -0.4 is 5.32 Å². The molecule has 0 radical (unpaired) electrons. The minimum atomic E-state index is -0.761. The summed E-state index contributed by atoms with van der Waals surface area (Å²) >= 11 is 0. The van der Waals surface area contributed by atoms with E-state index in [1.807, 2.05) is 44.2 Å². The maximum absolute atomic E-state index is 12.5. The van der Waals surface area contributed by atoms with Crippen molar-refractivity contribution in [3.05, 3.63) is 69.8 Å². The monoisotopic (exact) mass is 425 g/mol. The van der Waals surface area contributed by atoms with Crippen molar-refractivity contribution in [1.82, 2.24) is 4.90 Å². The summed E-state index contributed by atoms with van der Waals surface area (Å²) in [4.78, 5) is 37.7. The van der Waals surface area contributed by atoms with Gasteiger partial charge >= 0.3 is 5.97 Å². The van der Waals surface area contributed by atoms with Crippen LogP contribution in [0.4, 0.5) is 11.4 Å². The first-order valence-electron chi connectivity index (χ1n) is 10.4. The van der Waals surface area contributed by atoms with E-state index in [4.69, 9.17) is 4.74 Å². The fourth-order valence-corrected chi connectivity index (χ4v) is 3.95. The van der Waals surface area contributed by atoms with E-state index < -0.39 is 10.9 Å². The van der Waals surface area contributed by atoms with Crippen molar-refractivity contribution in [2.45, 2.75) is 51.7 Å². The van der Waals surface area contributed by atoms with Gasteiger partial charge in [-0.2, -0.15) is 0 Å². The minimum absolute atomic E-state index is 0.0319.